The number of likely N-dealkylation sites (tertiary alicyclic amines) is 1. The molecule has 0 saturated carbocycles. The summed E-state index contributed by atoms with van der Waals surface area (Å²) in [5, 5.41) is 2.37. The van der Waals surface area contributed by atoms with E-state index in [1.165, 1.54) is 25.6 Å². The van der Waals surface area contributed by atoms with Crippen molar-refractivity contribution in [3.63, 3.8) is 0 Å². The highest BCUT2D eigenvalue weighted by atomic mass is 32.1. The number of nitrogens with zero attached hydrogens (tertiary/aromatic N) is 3. The number of hydrogen-bond acceptors (Lipinski definition) is 6. The Morgan fingerprint density at radius 2 is 1.89 bits per heavy atom. The maximum Gasteiger partial charge on any atom is 0.406 e. The standard InChI is InChI=1S/C25H22F3N3O3S/c1-4-23-29-21(14-35-23)16-6-5-7-17(10-16)31(18-11-19(33-2)13-20(12-18)34-3)22-8-9-30(24(22)32)15-25(26,27)28/h1,5-7,10-14,22H,8-9,15H2,2-3H3. The summed E-state index contributed by atoms with van der Waals surface area (Å²) in [6, 6.07) is 11.6. The van der Waals surface area contributed by atoms with E-state index in [1.54, 1.807) is 35.2 Å². The van der Waals surface area contributed by atoms with E-state index in [2.05, 4.69) is 10.9 Å². The molecule has 3 aromatic rings. The van der Waals surface area contributed by atoms with E-state index in [1.807, 2.05) is 17.5 Å². The molecule has 0 bridgehead atoms. The fourth-order valence-electron chi connectivity index (χ4n) is 4.06. The van der Waals surface area contributed by atoms with Gasteiger partial charge in [0, 0.05) is 47.1 Å². The molecule has 1 fully saturated rings. The minimum atomic E-state index is -4.48. The number of terminal acetylenes is 1. The maximum atomic E-state index is 13.2. The Kier molecular flexibility index (Phi) is 6.89. The SMILES string of the molecule is C#Cc1nc(-c2cccc(N(c3cc(OC)cc(OC)c3)C3CCN(CC(F)(F)F)C3=O)c2)cs1. The van der Waals surface area contributed by atoms with Gasteiger partial charge in [-0.25, -0.2) is 4.98 Å². The lowest BCUT2D eigenvalue weighted by atomic mass is 10.1. The van der Waals surface area contributed by atoms with Crippen LogP contribution in [0, 0.1) is 12.3 Å². The second kappa shape index (κ2) is 9.88. The Labute approximate surface area is 204 Å². The molecule has 1 aliphatic heterocycles. The van der Waals surface area contributed by atoms with Crippen LogP contribution in [0.25, 0.3) is 11.3 Å². The van der Waals surface area contributed by atoms with Gasteiger partial charge in [-0.05, 0) is 24.5 Å². The first-order chi connectivity index (χ1) is 16.7. The summed E-state index contributed by atoms with van der Waals surface area (Å²) < 4.78 is 50.0. The summed E-state index contributed by atoms with van der Waals surface area (Å²) in [5.41, 5.74) is 2.59. The lowest BCUT2D eigenvalue weighted by Gasteiger charge is -2.31. The van der Waals surface area contributed by atoms with Crippen molar-refractivity contribution >= 4 is 28.6 Å². The minimum Gasteiger partial charge on any atom is -0.497 e. The van der Waals surface area contributed by atoms with Gasteiger partial charge < -0.3 is 19.3 Å². The van der Waals surface area contributed by atoms with E-state index in [-0.39, 0.29) is 13.0 Å². The molecule has 0 aliphatic carbocycles. The van der Waals surface area contributed by atoms with Crippen LogP contribution in [-0.4, -0.2) is 55.3 Å². The molecule has 2 heterocycles. The zero-order chi connectivity index (χ0) is 25.2. The van der Waals surface area contributed by atoms with Crippen LogP contribution in [0.2, 0.25) is 0 Å². The van der Waals surface area contributed by atoms with E-state index in [4.69, 9.17) is 15.9 Å². The number of anilines is 2. The quantitative estimate of drug-likeness (QED) is 0.421. The molecule has 1 unspecified atom stereocenters. The Hall–Kier alpha value is -3.71. The molecule has 1 saturated heterocycles. The number of carbonyl (C=O) groups is 1. The number of ether oxygens (including phenoxy) is 2. The van der Waals surface area contributed by atoms with Gasteiger partial charge in [0.2, 0.25) is 5.91 Å². The maximum absolute atomic E-state index is 13.2. The highest BCUT2D eigenvalue weighted by Gasteiger charge is 2.42. The van der Waals surface area contributed by atoms with Crippen LogP contribution >= 0.6 is 11.3 Å². The molecule has 1 aliphatic rings. The van der Waals surface area contributed by atoms with Crippen LogP contribution in [-0.2, 0) is 4.79 Å². The summed E-state index contributed by atoms with van der Waals surface area (Å²) in [6.45, 7) is -1.29. The average Bonchev–Trinajstić information content (AvgIpc) is 3.46. The predicted molar refractivity (Wildman–Crippen MR) is 128 cm³/mol. The lowest BCUT2D eigenvalue weighted by Crippen LogP contribution is -2.42. The number of benzene rings is 2. The van der Waals surface area contributed by atoms with Gasteiger partial charge in [-0.3, -0.25) is 4.79 Å². The highest BCUT2D eigenvalue weighted by molar-refractivity contribution is 7.10. The number of amides is 1. The van der Waals surface area contributed by atoms with Gasteiger partial charge in [0.1, 0.15) is 24.1 Å². The Morgan fingerprint density at radius 1 is 1.17 bits per heavy atom. The van der Waals surface area contributed by atoms with Crippen molar-refractivity contribution in [2.45, 2.75) is 18.6 Å². The highest BCUT2D eigenvalue weighted by Crippen LogP contribution is 2.38. The molecule has 182 valence electrons. The van der Waals surface area contributed by atoms with E-state index in [0.717, 1.165) is 10.5 Å². The second-order valence-corrected chi connectivity index (χ2v) is 8.71. The van der Waals surface area contributed by atoms with Crippen molar-refractivity contribution in [2.75, 3.05) is 32.2 Å². The normalized spacial score (nSPS) is 15.7. The van der Waals surface area contributed by atoms with Crippen LogP contribution in [0.1, 0.15) is 11.4 Å². The summed E-state index contributed by atoms with van der Waals surface area (Å²) in [6.07, 6.45) is 1.19. The van der Waals surface area contributed by atoms with E-state index in [0.29, 0.717) is 33.6 Å². The fraction of sp³-hybridized carbons (Fsp3) is 0.280. The fourth-order valence-corrected chi connectivity index (χ4v) is 4.69. The second-order valence-electron chi connectivity index (χ2n) is 7.85. The molecule has 0 radical (unpaired) electrons. The molecular formula is C25H22F3N3O3S. The number of rotatable bonds is 7. The molecule has 1 amide bonds. The van der Waals surface area contributed by atoms with Crippen LogP contribution in [0.5, 0.6) is 11.5 Å². The van der Waals surface area contributed by atoms with Gasteiger partial charge in [-0.2, -0.15) is 13.2 Å². The van der Waals surface area contributed by atoms with Crippen molar-refractivity contribution < 1.29 is 27.4 Å². The molecule has 1 aromatic heterocycles. The zero-order valence-electron chi connectivity index (χ0n) is 19.0. The van der Waals surface area contributed by atoms with Crippen LogP contribution in [0.3, 0.4) is 0 Å². The van der Waals surface area contributed by atoms with Crippen LogP contribution in [0.4, 0.5) is 24.5 Å². The third kappa shape index (κ3) is 5.35. The van der Waals surface area contributed by atoms with Crippen molar-refractivity contribution in [1.82, 2.24) is 9.88 Å². The average molecular weight is 502 g/mol. The first-order valence-corrected chi connectivity index (χ1v) is 11.5. The Morgan fingerprint density at radius 3 is 2.49 bits per heavy atom. The first-order valence-electron chi connectivity index (χ1n) is 10.6. The van der Waals surface area contributed by atoms with E-state index < -0.39 is 24.7 Å². The topological polar surface area (TPSA) is 54.9 Å². The molecule has 35 heavy (non-hydrogen) atoms. The molecule has 6 nitrogen and oxygen atoms in total. The monoisotopic (exact) mass is 501 g/mol. The zero-order valence-corrected chi connectivity index (χ0v) is 19.8. The number of alkyl halides is 3. The number of aromatic nitrogens is 1. The van der Waals surface area contributed by atoms with Gasteiger partial charge in [-0.1, -0.05) is 12.1 Å². The van der Waals surface area contributed by atoms with Crippen molar-refractivity contribution in [3.05, 3.63) is 52.9 Å². The molecule has 0 spiro atoms. The van der Waals surface area contributed by atoms with Crippen molar-refractivity contribution in [1.29, 1.82) is 0 Å². The molecule has 4 rings (SSSR count). The number of halogens is 3. The number of methoxy groups -OCH3 is 2. The molecular weight excluding hydrogens is 479 g/mol. The molecule has 10 heteroatoms. The van der Waals surface area contributed by atoms with Crippen LogP contribution in [0.15, 0.2) is 47.8 Å². The van der Waals surface area contributed by atoms with Gasteiger partial charge >= 0.3 is 6.18 Å². The molecule has 1 atom stereocenters. The summed E-state index contributed by atoms with van der Waals surface area (Å²) in [4.78, 5) is 20.2. The first kappa shape index (κ1) is 24.4. The van der Waals surface area contributed by atoms with Crippen molar-refractivity contribution in [3.8, 4) is 35.1 Å². The molecule has 2 aromatic carbocycles. The summed E-state index contributed by atoms with van der Waals surface area (Å²) >= 11 is 1.33. The van der Waals surface area contributed by atoms with E-state index in [9.17, 15) is 18.0 Å². The number of carbonyl (C=O) groups excluding carboxylic acids is 1. The Bertz CT molecular complexity index is 1250. The summed E-state index contributed by atoms with van der Waals surface area (Å²) in [7, 11) is 3.00. The summed E-state index contributed by atoms with van der Waals surface area (Å²) in [5.74, 6) is 2.87. The van der Waals surface area contributed by atoms with Crippen molar-refractivity contribution in [2.24, 2.45) is 0 Å². The smallest absolute Gasteiger partial charge is 0.406 e. The van der Waals surface area contributed by atoms with Gasteiger partial charge in [-0.15, -0.1) is 17.8 Å². The van der Waals surface area contributed by atoms with Gasteiger partial charge in [0.15, 0.2) is 5.01 Å². The lowest BCUT2D eigenvalue weighted by molar-refractivity contribution is -0.157. The van der Waals surface area contributed by atoms with E-state index >= 15 is 0 Å². The number of thiazole rings is 1. The third-order valence-corrected chi connectivity index (χ3v) is 6.39. The van der Waals surface area contributed by atoms with Gasteiger partial charge in [0.25, 0.3) is 0 Å². The molecule has 0 N–H and O–H groups in total. The minimum absolute atomic E-state index is 0.00206. The largest absolute Gasteiger partial charge is 0.497 e. The number of hydrogen-bond donors (Lipinski definition) is 0. The Balaban J connectivity index is 1.80. The predicted octanol–water partition coefficient (Wildman–Crippen LogP) is 5.11. The van der Waals surface area contributed by atoms with Gasteiger partial charge in [0.05, 0.1) is 19.9 Å². The third-order valence-electron chi connectivity index (χ3n) is 5.61. The van der Waals surface area contributed by atoms with Crippen LogP contribution < -0.4 is 14.4 Å².